The van der Waals surface area contributed by atoms with E-state index < -0.39 is 0 Å². The molecular formula is C15H23BrFN. The number of halogens is 2. The van der Waals surface area contributed by atoms with Crippen LogP contribution in [0, 0.1) is 11.7 Å². The molecule has 1 N–H and O–H groups in total. The Hall–Kier alpha value is -0.410. The quantitative estimate of drug-likeness (QED) is 0.741. The fourth-order valence-corrected chi connectivity index (χ4v) is 2.66. The Balaban J connectivity index is 2.85. The van der Waals surface area contributed by atoms with E-state index in [1.165, 1.54) is 18.9 Å². The van der Waals surface area contributed by atoms with Crippen LogP contribution >= 0.6 is 15.9 Å². The van der Waals surface area contributed by atoms with E-state index in [4.69, 9.17) is 0 Å². The second-order valence-corrected chi connectivity index (χ2v) is 5.56. The highest BCUT2D eigenvalue weighted by Crippen LogP contribution is 2.28. The molecular weight excluding hydrogens is 293 g/mol. The van der Waals surface area contributed by atoms with Gasteiger partial charge in [0.2, 0.25) is 0 Å². The molecule has 1 unspecified atom stereocenters. The highest BCUT2D eigenvalue weighted by atomic mass is 79.9. The predicted octanol–water partition coefficient (Wildman–Crippen LogP) is 5.07. The fourth-order valence-electron chi connectivity index (χ4n) is 2.27. The van der Waals surface area contributed by atoms with Gasteiger partial charge in [-0.05, 0) is 52.5 Å². The van der Waals surface area contributed by atoms with Gasteiger partial charge >= 0.3 is 0 Å². The molecule has 0 aromatic heterocycles. The number of benzene rings is 1. The summed E-state index contributed by atoms with van der Waals surface area (Å²) in [6.45, 7) is 7.51. The maximum Gasteiger partial charge on any atom is 0.137 e. The summed E-state index contributed by atoms with van der Waals surface area (Å²) in [5.74, 6) is 0.523. The molecule has 0 radical (unpaired) electrons. The molecule has 0 aliphatic heterocycles. The highest BCUT2D eigenvalue weighted by Gasteiger charge is 2.16. The molecule has 0 fully saturated rings. The van der Waals surface area contributed by atoms with Crippen molar-refractivity contribution < 1.29 is 4.39 Å². The van der Waals surface area contributed by atoms with Gasteiger partial charge in [-0.15, -0.1) is 0 Å². The molecule has 1 rings (SSSR count). The van der Waals surface area contributed by atoms with Crippen molar-refractivity contribution in [3.8, 4) is 0 Å². The molecule has 0 saturated carbocycles. The summed E-state index contributed by atoms with van der Waals surface area (Å²) in [4.78, 5) is 0. The topological polar surface area (TPSA) is 12.0 Å². The van der Waals surface area contributed by atoms with E-state index in [9.17, 15) is 4.39 Å². The Morgan fingerprint density at radius 1 is 1.22 bits per heavy atom. The van der Waals surface area contributed by atoms with Crippen LogP contribution in [-0.4, -0.2) is 6.54 Å². The van der Waals surface area contributed by atoms with Gasteiger partial charge in [0, 0.05) is 6.04 Å². The van der Waals surface area contributed by atoms with Gasteiger partial charge in [-0.25, -0.2) is 4.39 Å². The second-order valence-electron chi connectivity index (χ2n) is 4.70. The predicted molar refractivity (Wildman–Crippen MR) is 79.2 cm³/mol. The standard InChI is InChI=1S/C15H23BrFN/c1-4-11(5-2)9-15(18-6-3)12-7-8-14(17)13(16)10-12/h7-8,10-11,15,18H,4-6,9H2,1-3H3. The molecule has 0 amide bonds. The zero-order valence-corrected chi connectivity index (χ0v) is 13.1. The van der Waals surface area contributed by atoms with E-state index in [-0.39, 0.29) is 5.82 Å². The molecule has 1 atom stereocenters. The summed E-state index contributed by atoms with van der Waals surface area (Å²) < 4.78 is 13.8. The lowest BCUT2D eigenvalue weighted by Gasteiger charge is -2.23. The van der Waals surface area contributed by atoms with Gasteiger partial charge in [0.15, 0.2) is 0 Å². The Labute approximate surface area is 118 Å². The van der Waals surface area contributed by atoms with Crippen LogP contribution in [-0.2, 0) is 0 Å². The Kier molecular flexibility index (Phi) is 6.87. The van der Waals surface area contributed by atoms with Crippen LogP contribution in [0.2, 0.25) is 0 Å². The minimum Gasteiger partial charge on any atom is -0.310 e. The SMILES string of the molecule is CCNC(CC(CC)CC)c1ccc(F)c(Br)c1. The van der Waals surface area contributed by atoms with Crippen LogP contribution in [0.15, 0.2) is 22.7 Å². The van der Waals surface area contributed by atoms with Crippen molar-refractivity contribution >= 4 is 15.9 Å². The number of hydrogen-bond donors (Lipinski definition) is 1. The molecule has 0 aliphatic rings. The Morgan fingerprint density at radius 3 is 2.39 bits per heavy atom. The first-order valence-electron chi connectivity index (χ1n) is 6.80. The molecule has 1 aromatic carbocycles. The van der Waals surface area contributed by atoms with Crippen LogP contribution in [0.5, 0.6) is 0 Å². The van der Waals surface area contributed by atoms with Gasteiger partial charge in [-0.3, -0.25) is 0 Å². The second kappa shape index (κ2) is 7.90. The van der Waals surface area contributed by atoms with E-state index in [2.05, 4.69) is 42.0 Å². The summed E-state index contributed by atoms with van der Waals surface area (Å²) in [5, 5.41) is 3.50. The molecule has 102 valence electrons. The number of nitrogens with one attached hydrogen (secondary N) is 1. The van der Waals surface area contributed by atoms with E-state index in [0.717, 1.165) is 24.4 Å². The molecule has 0 heterocycles. The van der Waals surface area contributed by atoms with Gasteiger partial charge in [-0.1, -0.05) is 39.7 Å². The third kappa shape index (κ3) is 4.36. The summed E-state index contributed by atoms with van der Waals surface area (Å²) in [6, 6.07) is 5.63. The molecule has 3 heteroatoms. The maximum atomic E-state index is 13.3. The first-order chi connectivity index (χ1) is 8.62. The smallest absolute Gasteiger partial charge is 0.137 e. The first-order valence-corrected chi connectivity index (χ1v) is 7.59. The lowest BCUT2D eigenvalue weighted by molar-refractivity contribution is 0.375. The average Bonchev–Trinajstić information content (AvgIpc) is 2.38. The molecule has 0 spiro atoms. The van der Waals surface area contributed by atoms with Crippen LogP contribution in [0.3, 0.4) is 0 Å². The third-order valence-electron chi connectivity index (χ3n) is 3.52. The summed E-state index contributed by atoms with van der Waals surface area (Å²) in [6.07, 6.45) is 3.50. The van der Waals surface area contributed by atoms with Crippen molar-refractivity contribution in [1.82, 2.24) is 5.32 Å². The summed E-state index contributed by atoms with van der Waals surface area (Å²) >= 11 is 3.26. The van der Waals surface area contributed by atoms with Crippen molar-refractivity contribution in [2.75, 3.05) is 6.54 Å². The van der Waals surface area contributed by atoms with Crippen molar-refractivity contribution in [1.29, 1.82) is 0 Å². The first kappa shape index (κ1) is 15.6. The van der Waals surface area contributed by atoms with Gasteiger partial charge in [-0.2, -0.15) is 0 Å². The van der Waals surface area contributed by atoms with Crippen molar-refractivity contribution in [3.63, 3.8) is 0 Å². The van der Waals surface area contributed by atoms with E-state index in [1.807, 2.05) is 12.1 Å². The third-order valence-corrected chi connectivity index (χ3v) is 4.13. The zero-order chi connectivity index (χ0) is 13.5. The van der Waals surface area contributed by atoms with E-state index in [1.54, 1.807) is 0 Å². The van der Waals surface area contributed by atoms with Crippen LogP contribution < -0.4 is 5.32 Å². The summed E-state index contributed by atoms with van der Waals surface area (Å²) in [5.41, 5.74) is 1.16. The van der Waals surface area contributed by atoms with Crippen LogP contribution in [0.25, 0.3) is 0 Å². The average molecular weight is 316 g/mol. The number of rotatable bonds is 7. The van der Waals surface area contributed by atoms with Crippen LogP contribution in [0.1, 0.15) is 51.6 Å². The minimum absolute atomic E-state index is 0.198. The lowest BCUT2D eigenvalue weighted by atomic mass is 9.91. The lowest BCUT2D eigenvalue weighted by Crippen LogP contribution is -2.23. The van der Waals surface area contributed by atoms with E-state index >= 15 is 0 Å². The summed E-state index contributed by atoms with van der Waals surface area (Å²) in [7, 11) is 0. The highest BCUT2D eigenvalue weighted by molar-refractivity contribution is 9.10. The van der Waals surface area contributed by atoms with Gasteiger partial charge in [0.1, 0.15) is 5.82 Å². The van der Waals surface area contributed by atoms with Gasteiger partial charge in [0.05, 0.1) is 4.47 Å². The molecule has 18 heavy (non-hydrogen) atoms. The zero-order valence-electron chi connectivity index (χ0n) is 11.5. The Morgan fingerprint density at radius 2 is 1.89 bits per heavy atom. The molecule has 0 aliphatic carbocycles. The molecule has 0 saturated heterocycles. The van der Waals surface area contributed by atoms with E-state index in [0.29, 0.717) is 10.5 Å². The number of hydrogen-bond acceptors (Lipinski definition) is 1. The normalized spacial score (nSPS) is 13.0. The molecule has 1 aromatic rings. The van der Waals surface area contributed by atoms with Crippen molar-refractivity contribution in [2.45, 2.75) is 46.1 Å². The largest absolute Gasteiger partial charge is 0.310 e. The van der Waals surface area contributed by atoms with Gasteiger partial charge < -0.3 is 5.32 Å². The molecule has 0 bridgehead atoms. The minimum atomic E-state index is -0.198. The van der Waals surface area contributed by atoms with Crippen molar-refractivity contribution in [2.24, 2.45) is 5.92 Å². The fraction of sp³-hybridized carbons (Fsp3) is 0.600. The van der Waals surface area contributed by atoms with Gasteiger partial charge in [0.25, 0.3) is 0 Å². The molecule has 1 nitrogen and oxygen atoms in total. The maximum absolute atomic E-state index is 13.3. The Bertz CT molecular complexity index is 364. The van der Waals surface area contributed by atoms with Crippen molar-refractivity contribution in [3.05, 3.63) is 34.1 Å². The van der Waals surface area contributed by atoms with Crippen LogP contribution in [0.4, 0.5) is 4.39 Å². The monoisotopic (exact) mass is 315 g/mol.